The summed E-state index contributed by atoms with van der Waals surface area (Å²) >= 11 is 0. The van der Waals surface area contributed by atoms with Crippen LogP contribution in [-0.4, -0.2) is 125 Å². The molecule has 4 aliphatic carbocycles. The Kier molecular flexibility index (Phi) is 11.7. The highest BCUT2D eigenvalue weighted by molar-refractivity contribution is 5.89. The molecule has 1 aromatic rings. The van der Waals surface area contributed by atoms with E-state index in [2.05, 4.69) is 39.8 Å². The summed E-state index contributed by atoms with van der Waals surface area (Å²) in [5, 5.41) is 54.8. The van der Waals surface area contributed by atoms with Gasteiger partial charge in [0.1, 0.15) is 36.6 Å². The van der Waals surface area contributed by atoms with E-state index in [0.29, 0.717) is 36.0 Å². The van der Waals surface area contributed by atoms with Crippen LogP contribution >= 0.6 is 0 Å². The van der Waals surface area contributed by atoms with Gasteiger partial charge in [0, 0.05) is 11.3 Å². The molecule has 10 rings (SSSR count). The van der Waals surface area contributed by atoms with Crippen LogP contribution in [0.2, 0.25) is 0 Å². The largest absolute Gasteiger partial charge is 0.453 e. The van der Waals surface area contributed by atoms with E-state index in [4.69, 9.17) is 33.2 Å². The second-order valence-electron chi connectivity index (χ2n) is 20.1. The number of aliphatic hydroxyl groups is 5. The topological polar surface area (TPSA) is 183 Å². The van der Waals surface area contributed by atoms with Crippen LogP contribution in [0.1, 0.15) is 95.5 Å². The molecule has 13 heteroatoms. The van der Waals surface area contributed by atoms with Crippen molar-refractivity contribution in [3.05, 3.63) is 58.7 Å². The fourth-order valence-electron chi connectivity index (χ4n) is 13.4. The summed E-state index contributed by atoms with van der Waals surface area (Å²) in [5.74, 6) is 2.26. The van der Waals surface area contributed by atoms with Crippen LogP contribution in [-0.2, 0) is 33.2 Å². The molecular weight excluding hydrogens is 773 g/mol. The van der Waals surface area contributed by atoms with E-state index in [1.807, 2.05) is 6.92 Å². The number of hydrogen-bond acceptors (Lipinski definition) is 13. The van der Waals surface area contributed by atoms with Crippen LogP contribution < -0.4 is 0 Å². The summed E-state index contributed by atoms with van der Waals surface area (Å²) in [4.78, 5) is 12.9. The monoisotopic (exact) mass is 838 g/mol. The summed E-state index contributed by atoms with van der Waals surface area (Å²) in [6.07, 6.45) is -2.42. The molecular formula is C47H66O13. The predicted octanol–water partition coefficient (Wildman–Crippen LogP) is 4.34. The van der Waals surface area contributed by atoms with Crippen molar-refractivity contribution >= 4 is 5.97 Å². The normalized spacial score (nSPS) is 49.5. The number of aliphatic hydroxyl groups excluding tert-OH is 5. The van der Waals surface area contributed by atoms with Crippen molar-refractivity contribution in [3.63, 3.8) is 0 Å². The van der Waals surface area contributed by atoms with Gasteiger partial charge in [0.2, 0.25) is 0 Å². The number of esters is 1. The van der Waals surface area contributed by atoms with Crippen LogP contribution in [0.3, 0.4) is 0 Å². The van der Waals surface area contributed by atoms with Crippen molar-refractivity contribution < 1.29 is 63.5 Å². The van der Waals surface area contributed by atoms with Gasteiger partial charge in [0.25, 0.3) is 0 Å². The molecule has 0 aromatic heterocycles. The zero-order valence-electron chi connectivity index (χ0n) is 35.8. The average Bonchev–Trinajstić information content (AvgIpc) is 3.41. The lowest BCUT2D eigenvalue weighted by Crippen LogP contribution is -2.64. The first kappa shape index (κ1) is 43.0. The lowest BCUT2D eigenvalue weighted by atomic mass is 9.46. The molecule has 21 atom stereocenters. The Morgan fingerprint density at radius 1 is 0.900 bits per heavy atom. The Morgan fingerprint density at radius 3 is 2.38 bits per heavy atom. The molecule has 1 aromatic carbocycles. The van der Waals surface area contributed by atoms with Crippen molar-refractivity contribution in [2.24, 2.45) is 46.3 Å². The van der Waals surface area contributed by atoms with Gasteiger partial charge in [-0.2, -0.15) is 0 Å². The molecule has 8 fully saturated rings. The van der Waals surface area contributed by atoms with Crippen LogP contribution in [0.5, 0.6) is 0 Å². The Labute approximate surface area is 353 Å². The summed E-state index contributed by atoms with van der Waals surface area (Å²) in [5.41, 5.74) is 4.09. The van der Waals surface area contributed by atoms with Crippen molar-refractivity contribution in [1.29, 1.82) is 0 Å². The van der Waals surface area contributed by atoms with E-state index in [1.54, 1.807) is 31.2 Å². The Balaban J connectivity index is 0.881. The second-order valence-corrected chi connectivity index (χ2v) is 20.1. The number of aryl methyl sites for hydroxylation is 1. The lowest BCUT2D eigenvalue weighted by Gasteiger charge is -2.59. The number of fused-ring (bicyclic) bond motifs is 6. The molecule has 5 heterocycles. The van der Waals surface area contributed by atoms with E-state index in [1.165, 1.54) is 11.1 Å². The number of carbonyl (C=O) groups is 1. The van der Waals surface area contributed by atoms with Crippen LogP contribution in [0.15, 0.2) is 47.6 Å². The maximum atomic E-state index is 12.9. The highest BCUT2D eigenvalue weighted by Crippen LogP contribution is 2.70. The summed E-state index contributed by atoms with van der Waals surface area (Å²) in [6, 6.07) is 6.77. The van der Waals surface area contributed by atoms with Crippen molar-refractivity contribution in [3.8, 4) is 0 Å². The first-order chi connectivity index (χ1) is 28.6. The number of allylic oxidation sites excluding steroid dienone is 2. The standard InChI is InChI=1S/C47H66O13/c1-22(2)17-30-24(4)35-33-19-32-29-12-11-27-18-28(13-15-46(27,6)31(29)14-16-47(32,35)21-54-43(30)57-33)56-45-41(37(50)36(49)34(20-48)58-45)60-44-39(52)38(51)40(25(5)55-44)59-42(53)26-9-7-23(3)8-10-26/h7-11,17,24-25,28-41,43-45,48-52H,12-16,18-21H2,1-6H3/t24-,25+,28+,29-,30-,31+,32+,33+,34-,35+,36-,37+,38+,39-,40+,41-,43+,44+,45-,46+,47-/m1/s1. The van der Waals surface area contributed by atoms with Crippen LogP contribution in [0.4, 0.5) is 0 Å². The van der Waals surface area contributed by atoms with Gasteiger partial charge in [0.05, 0.1) is 37.1 Å². The van der Waals surface area contributed by atoms with E-state index in [-0.39, 0.29) is 40.8 Å². The molecule has 5 N–H and O–H groups in total. The number of hydrogen-bond donors (Lipinski definition) is 5. The number of carbonyl (C=O) groups excluding carboxylic acids is 1. The Morgan fingerprint density at radius 2 is 1.65 bits per heavy atom. The van der Waals surface area contributed by atoms with E-state index in [9.17, 15) is 30.3 Å². The molecule has 332 valence electrons. The van der Waals surface area contributed by atoms with Crippen LogP contribution in [0.25, 0.3) is 0 Å². The second kappa shape index (κ2) is 16.4. The van der Waals surface area contributed by atoms with E-state index < -0.39 is 74.0 Å². The Hall–Kier alpha value is -2.27. The van der Waals surface area contributed by atoms with Crippen molar-refractivity contribution in [2.45, 2.75) is 166 Å². The number of benzene rings is 1. The first-order valence-corrected chi connectivity index (χ1v) is 22.5. The number of rotatable bonds is 8. The minimum absolute atomic E-state index is 0.00567. The van der Waals surface area contributed by atoms with Gasteiger partial charge in [-0.3, -0.25) is 0 Å². The molecule has 0 radical (unpaired) electrons. The third-order valence-corrected chi connectivity index (χ3v) is 16.5. The molecule has 5 saturated heterocycles. The van der Waals surface area contributed by atoms with Gasteiger partial charge < -0.3 is 58.7 Å². The SMILES string of the molecule is CC(C)=C[C@H]1[C@H]2OC[C@]34CC[C@H]5[C@@H](CC=C6C[C@@H](O[C@@H]7O[C@H](CO)[C@@H](O)[C@H](O)[C@H]7O[C@@H]7O[C@@H](C)[C@H](OC(=O)c8ccc(C)cc8)[C@@H](O)[C@H]7O)CC[C@@]65C)[C@@H]3C[C@H](O2)[C@@H]4[C@@H]1C. The highest BCUT2D eigenvalue weighted by atomic mass is 16.8. The van der Waals surface area contributed by atoms with E-state index in [0.717, 1.165) is 50.7 Å². The minimum Gasteiger partial charge on any atom is -0.453 e. The van der Waals surface area contributed by atoms with Gasteiger partial charge in [-0.15, -0.1) is 0 Å². The predicted molar refractivity (Wildman–Crippen MR) is 216 cm³/mol. The Bertz CT molecular complexity index is 1800. The van der Waals surface area contributed by atoms with Gasteiger partial charge in [0.15, 0.2) is 25.0 Å². The summed E-state index contributed by atoms with van der Waals surface area (Å²) in [7, 11) is 0. The maximum Gasteiger partial charge on any atom is 0.338 e. The molecule has 5 aliphatic heterocycles. The fourth-order valence-corrected chi connectivity index (χ4v) is 13.4. The quantitative estimate of drug-likeness (QED) is 0.185. The fraction of sp³-hybridized carbons (Fsp3) is 0.766. The zero-order valence-corrected chi connectivity index (χ0v) is 35.8. The third kappa shape index (κ3) is 7.16. The van der Waals surface area contributed by atoms with Gasteiger partial charge in [-0.25, -0.2) is 4.79 Å². The van der Waals surface area contributed by atoms with Gasteiger partial charge in [-0.05, 0) is 120 Å². The van der Waals surface area contributed by atoms with Gasteiger partial charge in [-0.1, -0.05) is 54.8 Å². The highest BCUT2D eigenvalue weighted by Gasteiger charge is 2.68. The first-order valence-electron chi connectivity index (χ1n) is 22.5. The maximum absolute atomic E-state index is 12.9. The molecule has 0 unspecified atom stereocenters. The number of ether oxygens (including phenoxy) is 7. The minimum atomic E-state index is -1.69. The molecule has 3 saturated carbocycles. The third-order valence-electron chi connectivity index (χ3n) is 16.5. The molecule has 4 bridgehead atoms. The summed E-state index contributed by atoms with van der Waals surface area (Å²) < 4.78 is 43.9. The van der Waals surface area contributed by atoms with E-state index >= 15 is 0 Å². The zero-order chi connectivity index (χ0) is 42.4. The summed E-state index contributed by atoms with van der Waals surface area (Å²) in [6.45, 7) is 12.9. The van der Waals surface area contributed by atoms with Gasteiger partial charge >= 0.3 is 5.97 Å². The smallest absolute Gasteiger partial charge is 0.338 e. The molecule has 1 spiro atoms. The molecule has 60 heavy (non-hydrogen) atoms. The molecule has 13 nitrogen and oxygen atoms in total. The van der Waals surface area contributed by atoms with Crippen LogP contribution in [0, 0.1) is 53.3 Å². The average molecular weight is 839 g/mol. The lowest BCUT2D eigenvalue weighted by molar-refractivity contribution is -0.369. The van der Waals surface area contributed by atoms with Crippen molar-refractivity contribution in [1.82, 2.24) is 0 Å². The molecule has 9 aliphatic rings. The van der Waals surface area contributed by atoms with Crippen molar-refractivity contribution in [2.75, 3.05) is 13.2 Å². The molecule has 0 amide bonds.